The van der Waals surface area contributed by atoms with Crippen LogP contribution in [0.5, 0.6) is 5.75 Å². The molecular weight excluding hydrogens is 845 g/mol. The molecule has 9 heteroatoms. The molecule has 0 saturated carbocycles. The average Bonchev–Trinajstić information content (AvgIpc) is 3.47. The van der Waals surface area contributed by atoms with E-state index in [1.807, 2.05) is 24.3 Å². The Balaban J connectivity index is 1.63. The van der Waals surface area contributed by atoms with Crippen LogP contribution in [-0.4, -0.2) is 56.7 Å². The summed E-state index contributed by atoms with van der Waals surface area (Å²) in [6, 6.07) is 13.4. The number of ether oxygens (including phenoxy) is 2. The first-order chi connectivity index (χ1) is 31.5. The molecule has 9 nitrogen and oxygen atoms in total. The fraction of sp³-hybridized carbons (Fsp3) is 0.746. The third-order valence-corrected chi connectivity index (χ3v) is 13.6. The lowest BCUT2D eigenvalue weighted by Crippen LogP contribution is -2.50. The maximum absolute atomic E-state index is 14.4. The van der Waals surface area contributed by atoms with Crippen LogP contribution in [0.3, 0.4) is 0 Å². The number of nitrogens with one attached hydrogen (secondary N) is 3. The molecule has 0 aromatic heterocycles. The topological polar surface area (TPSA) is 132 Å². The monoisotopic (exact) mass is 945 g/mol. The molecule has 68 heavy (non-hydrogen) atoms. The molecule has 5 N–H and O–H groups in total. The zero-order valence-electron chi connectivity index (χ0n) is 46.1. The van der Waals surface area contributed by atoms with Crippen molar-refractivity contribution in [3.8, 4) is 16.9 Å². The van der Waals surface area contributed by atoms with Crippen molar-refractivity contribution in [2.45, 2.75) is 193 Å². The van der Waals surface area contributed by atoms with Crippen molar-refractivity contribution in [3.63, 3.8) is 0 Å². The second-order valence-corrected chi connectivity index (χ2v) is 26.0. The van der Waals surface area contributed by atoms with Crippen molar-refractivity contribution in [1.82, 2.24) is 16.0 Å². The molecule has 0 saturated heterocycles. The van der Waals surface area contributed by atoms with Gasteiger partial charge < -0.3 is 31.2 Å². The third kappa shape index (κ3) is 21.7. The lowest BCUT2D eigenvalue weighted by molar-refractivity contribution is -0.133. The summed E-state index contributed by atoms with van der Waals surface area (Å²) < 4.78 is 11.9. The summed E-state index contributed by atoms with van der Waals surface area (Å²) in [5, 5.41) is 9.60. The smallest absolute Gasteiger partial charge is 0.242 e. The van der Waals surface area contributed by atoms with Crippen LogP contribution < -0.4 is 26.4 Å². The van der Waals surface area contributed by atoms with E-state index in [0.717, 1.165) is 73.8 Å². The first-order valence-corrected chi connectivity index (χ1v) is 26.6. The molecule has 0 heterocycles. The number of fused-ring (bicyclic) bond motifs is 3. The zero-order valence-corrected chi connectivity index (χ0v) is 46.1. The summed E-state index contributed by atoms with van der Waals surface area (Å²) in [6.45, 7) is 38.1. The highest BCUT2D eigenvalue weighted by atomic mass is 16.5. The Hall–Kier alpha value is -3.43. The van der Waals surface area contributed by atoms with E-state index >= 15 is 0 Å². The summed E-state index contributed by atoms with van der Waals surface area (Å²) in [6.07, 6.45) is 9.66. The molecule has 1 aliphatic rings. The summed E-state index contributed by atoms with van der Waals surface area (Å²) in [5.74, 6) is 1.84. The summed E-state index contributed by atoms with van der Waals surface area (Å²) in [7, 11) is 0. The number of amides is 3. The van der Waals surface area contributed by atoms with E-state index in [-0.39, 0.29) is 69.1 Å². The van der Waals surface area contributed by atoms with Gasteiger partial charge in [0, 0.05) is 24.9 Å². The molecule has 0 spiro atoms. The van der Waals surface area contributed by atoms with Crippen molar-refractivity contribution in [1.29, 1.82) is 0 Å². The minimum Gasteiger partial charge on any atom is -0.491 e. The summed E-state index contributed by atoms with van der Waals surface area (Å²) in [5.41, 5.74) is 11.7. The highest BCUT2D eigenvalue weighted by molar-refractivity contribution is 5.88. The zero-order chi connectivity index (χ0) is 51.0. The molecule has 2 aromatic carbocycles. The van der Waals surface area contributed by atoms with E-state index in [9.17, 15) is 14.4 Å². The molecule has 8 unspecified atom stereocenters. The largest absolute Gasteiger partial charge is 0.491 e. The number of rotatable bonds is 28. The minimum absolute atomic E-state index is 0.0423. The predicted octanol–water partition coefficient (Wildman–Crippen LogP) is 13.1. The van der Waals surface area contributed by atoms with Gasteiger partial charge in [-0.25, -0.2) is 0 Å². The molecule has 0 fully saturated rings. The molecule has 1 aliphatic carbocycles. The van der Waals surface area contributed by atoms with Gasteiger partial charge in [-0.2, -0.15) is 0 Å². The molecule has 0 aliphatic heterocycles. The van der Waals surface area contributed by atoms with Crippen LogP contribution in [0.2, 0.25) is 0 Å². The number of carbonyl (C=O) groups excluding carboxylic acids is 3. The van der Waals surface area contributed by atoms with E-state index in [1.165, 1.54) is 5.56 Å². The molecule has 3 rings (SSSR count). The Morgan fingerprint density at radius 1 is 0.559 bits per heavy atom. The van der Waals surface area contributed by atoms with Crippen molar-refractivity contribution in [2.75, 3.05) is 32.9 Å². The van der Waals surface area contributed by atoms with Crippen LogP contribution in [0.25, 0.3) is 11.1 Å². The maximum Gasteiger partial charge on any atom is 0.242 e. The molecular formula is C59H100N4O5. The van der Waals surface area contributed by atoms with Gasteiger partial charge >= 0.3 is 0 Å². The van der Waals surface area contributed by atoms with Gasteiger partial charge in [0.2, 0.25) is 17.7 Å². The Labute approximate surface area is 415 Å². The summed E-state index contributed by atoms with van der Waals surface area (Å²) >= 11 is 0. The third-order valence-electron chi connectivity index (χ3n) is 13.6. The second kappa shape index (κ2) is 26.7. The van der Waals surface area contributed by atoms with Crippen LogP contribution in [0.4, 0.5) is 0 Å². The van der Waals surface area contributed by atoms with Crippen molar-refractivity contribution < 1.29 is 23.9 Å². The SMILES string of the molecule is CC(CCC(C(=O)NCCCCC(NC(=O)C(CCC(C)CC(C)(C)C)C(C)CC(C)(C)C)C(=O)NCCOCCOc1ccc2c(c1)C(N)c1ccccc1-2)C(C)CC(C)(C)C)CC(C)(C)C. The first-order valence-electron chi connectivity index (χ1n) is 26.6. The van der Waals surface area contributed by atoms with Crippen LogP contribution in [0.1, 0.15) is 199 Å². The normalized spacial score (nSPS) is 17.2. The molecule has 2 aromatic rings. The Bertz CT molecular complexity index is 1850. The maximum atomic E-state index is 14.4. The number of hydrogen-bond donors (Lipinski definition) is 4. The fourth-order valence-corrected chi connectivity index (χ4v) is 11.2. The van der Waals surface area contributed by atoms with Crippen molar-refractivity contribution in [2.24, 2.45) is 62.9 Å². The predicted molar refractivity (Wildman–Crippen MR) is 284 cm³/mol. The molecule has 386 valence electrons. The number of nitrogens with two attached hydrogens (primary N) is 1. The van der Waals surface area contributed by atoms with Gasteiger partial charge in [-0.3, -0.25) is 14.4 Å². The highest BCUT2D eigenvalue weighted by Crippen LogP contribution is 2.43. The number of unbranched alkanes of at least 4 members (excludes halogenated alkanes) is 1. The lowest BCUT2D eigenvalue weighted by atomic mass is 9.75. The number of hydrogen-bond acceptors (Lipinski definition) is 6. The summed E-state index contributed by atoms with van der Waals surface area (Å²) in [4.78, 5) is 42.2. The second-order valence-electron chi connectivity index (χ2n) is 26.0. The van der Waals surface area contributed by atoms with Gasteiger partial charge in [-0.1, -0.05) is 141 Å². The number of benzene rings is 2. The van der Waals surface area contributed by atoms with E-state index in [4.69, 9.17) is 15.2 Å². The van der Waals surface area contributed by atoms with Gasteiger partial charge in [0.25, 0.3) is 0 Å². The van der Waals surface area contributed by atoms with E-state index in [1.54, 1.807) is 0 Å². The van der Waals surface area contributed by atoms with Crippen LogP contribution >= 0.6 is 0 Å². The first kappa shape index (κ1) is 58.9. The van der Waals surface area contributed by atoms with E-state index in [2.05, 4.69) is 145 Å². The fourth-order valence-electron chi connectivity index (χ4n) is 11.2. The average molecular weight is 945 g/mol. The van der Waals surface area contributed by atoms with E-state index in [0.29, 0.717) is 64.0 Å². The van der Waals surface area contributed by atoms with Crippen molar-refractivity contribution >= 4 is 17.7 Å². The molecule has 3 amide bonds. The molecule has 0 bridgehead atoms. The van der Waals surface area contributed by atoms with E-state index < -0.39 is 6.04 Å². The quantitative estimate of drug-likeness (QED) is 0.0628. The van der Waals surface area contributed by atoms with Gasteiger partial charge in [0.1, 0.15) is 18.4 Å². The number of carbonyl (C=O) groups is 3. The molecule has 0 radical (unpaired) electrons. The van der Waals surface area contributed by atoms with Crippen LogP contribution in [0, 0.1) is 57.2 Å². The van der Waals surface area contributed by atoms with Crippen LogP contribution in [-0.2, 0) is 19.1 Å². The Kier molecular flexibility index (Phi) is 23.1. The molecule has 8 atom stereocenters. The Morgan fingerprint density at radius 2 is 1.07 bits per heavy atom. The lowest BCUT2D eigenvalue weighted by Gasteiger charge is -2.32. The van der Waals surface area contributed by atoms with Crippen LogP contribution in [0.15, 0.2) is 42.5 Å². The van der Waals surface area contributed by atoms with Gasteiger partial charge in [-0.05, 0) is 150 Å². The Morgan fingerprint density at radius 3 is 1.63 bits per heavy atom. The highest BCUT2D eigenvalue weighted by Gasteiger charge is 2.33. The minimum atomic E-state index is -0.695. The van der Waals surface area contributed by atoms with Crippen molar-refractivity contribution in [3.05, 3.63) is 53.6 Å². The van der Waals surface area contributed by atoms with Gasteiger partial charge in [-0.15, -0.1) is 0 Å². The standard InChI is InChI=1S/C59H100N4O5/c1-40(36-56(5,6)7)24-27-45(42(3)38-58(11,12)13)53(64)61-30-20-19-23-51(63-54(65)46(43(4)39-59(14,15)16)28-25-41(2)37-57(8,9)10)55(66)62-31-32-67-33-34-68-44-26-29-48-47-21-17-18-22-49(47)52(60)50(48)35-44/h17-18,21-22,26,29,35,40-43,45-46,51-52H,19-20,23-25,27-28,30-34,36-39,60H2,1-16H3,(H,61,64)(H,62,66)(H,63,65). The van der Waals surface area contributed by atoms with Gasteiger partial charge in [0.05, 0.1) is 19.3 Å². The van der Waals surface area contributed by atoms with Gasteiger partial charge in [0.15, 0.2) is 0 Å².